The Morgan fingerprint density at radius 3 is 2.62 bits per heavy atom. The van der Waals surface area contributed by atoms with Crippen LogP contribution in [0.2, 0.25) is 0 Å². The van der Waals surface area contributed by atoms with Crippen LogP contribution in [0.1, 0.15) is 24.5 Å². The zero-order valence-electron chi connectivity index (χ0n) is 16.0. The van der Waals surface area contributed by atoms with Gasteiger partial charge in [0.05, 0.1) is 23.5 Å². The predicted octanol–water partition coefficient (Wildman–Crippen LogP) is 5.05. The van der Waals surface area contributed by atoms with Gasteiger partial charge in [0.25, 0.3) is 0 Å². The maximum Gasteiger partial charge on any atom is 0.417 e. The van der Waals surface area contributed by atoms with E-state index in [1.54, 1.807) is 24.3 Å². The fraction of sp³-hybridized carbons (Fsp3) is 0.238. The molecule has 1 unspecified atom stereocenters. The van der Waals surface area contributed by atoms with Crippen molar-refractivity contribution in [2.24, 2.45) is 10.8 Å². The number of pyridine rings is 1. The standard InChI is InChI=1S/C21H22F4N4/c1-14(8-15(2)22)4-6-18(10-26)20-7-5-16(3)29(28-20)13-17-9-19(12-27-11-17)21(23,24)25/h4-7,9-12,15H,1,3,8,13,26H2,2H3/b6-4-,18-10+. The van der Waals surface area contributed by atoms with Gasteiger partial charge in [0.2, 0.25) is 0 Å². The first kappa shape index (κ1) is 22.1. The lowest BCUT2D eigenvalue weighted by Crippen LogP contribution is -2.21. The monoisotopic (exact) mass is 406 g/mol. The van der Waals surface area contributed by atoms with Gasteiger partial charge in [0.15, 0.2) is 0 Å². The third kappa shape index (κ3) is 6.44. The molecule has 0 radical (unpaired) electrons. The number of hydrogen-bond acceptors (Lipinski definition) is 4. The smallest absolute Gasteiger partial charge is 0.404 e. The number of nitrogens with zero attached hydrogens (tertiary/aromatic N) is 3. The van der Waals surface area contributed by atoms with Crippen molar-refractivity contribution in [2.75, 3.05) is 0 Å². The Balaban J connectivity index is 2.20. The molecule has 0 saturated carbocycles. The first-order valence-electron chi connectivity index (χ1n) is 8.76. The lowest BCUT2D eigenvalue weighted by molar-refractivity contribution is -0.137. The summed E-state index contributed by atoms with van der Waals surface area (Å²) < 4.78 is 51.7. The summed E-state index contributed by atoms with van der Waals surface area (Å²) in [7, 11) is 0. The summed E-state index contributed by atoms with van der Waals surface area (Å²) in [6, 6.07) is 1.02. The summed E-state index contributed by atoms with van der Waals surface area (Å²) in [6.07, 6.45) is 4.84. The van der Waals surface area contributed by atoms with Gasteiger partial charge in [-0.2, -0.15) is 18.3 Å². The highest BCUT2D eigenvalue weighted by atomic mass is 19.4. The van der Waals surface area contributed by atoms with E-state index in [9.17, 15) is 17.6 Å². The highest BCUT2D eigenvalue weighted by Gasteiger charge is 2.31. The van der Waals surface area contributed by atoms with Crippen molar-refractivity contribution >= 4 is 5.71 Å². The average Bonchev–Trinajstić information content (AvgIpc) is 2.63. The molecule has 0 aliphatic carbocycles. The summed E-state index contributed by atoms with van der Waals surface area (Å²) in [5, 5.41) is 5.87. The van der Waals surface area contributed by atoms with Gasteiger partial charge in [-0.1, -0.05) is 30.9 Å². The number of nitrogens with two attached hydrogens (primary N) is 1. The van der Waals surface area contributed by atoms with Crippen LogP contribution < -0.4 is 5.73 Å². The van der Waals surface area contributed by atoms with Crippen LogP contribution in [0.15, 0.2) is 84.1 Å². The third-order valence-electron chi connectivity index (χ3n) is 3.97. The van der Waals surface area contributed by atoms with Crippen molar-refractivity contribution < 1.29 is 17.6 Å². The van der Waals surface area contributed by atoms with E-state index in [2.05, 4.69) is 23.2 Å². The molecule has 4 nitrogen and oxygen atoms in total. The number of hydrazone groups is 1. The summed E-state index contributed by atoms with van der Waals surface area (Å²) in [6.45, 7) is 9.13. The Bertz CT molecular complexity index is 892. The van der Waals surface area contributed by atoms with Gasteiger partial charge < -0.3 is 5.73 Å². The summed E-state index contributed by atoms with van der Waals surface area (Å²) in [5.41, 5.74) is 7.31. The Labute approximate surface area is 167 Å². The lowest BCUT2D eigenvalue weighted by atomic mass is 10.1. The summed E-state index contributed by atoms with van der Waals surface area (Å²) in [4.78, 5) is 3.66. The second-order valence-corrected chi connectivity index (χ2v) is 6.55. The Morgan fingerprint density at radius 2 is 2.00 bits per heavy atom. The molecule has 8 heteroatoms. The maximum absolute atomic E-state index is 13.1. The van der Waals surface area contributed by atoms with Crippen LogP contribution >= 0.6 is 0 Å². The molecule has 2 rings (SSSR count). The minimum absolute atomic E-state index is 0.0528. The van der Waals surface area contributed by atoms with Crippen LogP contribution in [0.4, 0.5) is 17.6 Å². The molecule has 1 aliphatic heterocycles. The molecule has 0 saturated heterocycles. The van der Waals surface area contributed by atoms with Gasteiger partial charge >= 0.3 is 6.18 Å². The molecular weight excluding hydrogens is 384 g/mol. The Morgan fingerprint density at radius 1 is 1.28 bits per heavy atom. The topological polar surface area (TPSA) is 54.5 Å². The first-order valence-corrected chi connectivity index (χ1v) is 8.76. The Kier molecular flexibility index (Phi) is 7.14. The van der Waals surface area contributed by atoms with E-state index in [4.69, 9.17) is 5.73 Å². The minimum atomic E-state index is -4.48. The number of rotatable bonds is 7. The number of allylic oxidation sites excluding steroid dienone is 6. The minimum Gasteiger partial charge on any atom is -0.404 e. The zero-order valence-corrected chi connectivity index (χ0v) is 16.0. The van der Waals surface area contributed by atoms with Crippen molar-refractivity contribution in [3.8, 4) is 0 Å². The fourth-order valence-electron chi connectivity index (χ4n) is 2.54. The SMILES string of the molecule is C=C(/C=C\C(=C/N)C1=NN(Cc2cncc(C(F)(F)F)c2)C(=C)C=C1)CC(C)F. The predicted molar refractivity (Wildman–Crippen MR) is 106 cm³/mol. The zero-order chi connectivity index (χ0) is 21.6. The van der Waals surface area contributed by atoms with Crippen LogP contribution in [0.25, 0.3) is 0 Å². The van der Waals surface area contributed by atoms with Gasteiger partial charge in [-0.05, 0) is 30.7 Å². The maximum atomic E-state index is 13.1. The van der Waals surface area contributed by atoms with E-state index in [0.29, 0.717) is 28.1 Å². The summed E-state index contributed by atoms with van der Waals surface area (Å²) in [5.74, 6) is 0. The van der Waals surface area contributed by atoms with Crippen LogP contribution in [0.5, 0.6) is 0 Å². The lowest BCUT2D eigenvalue weighted by Gasteiger charge is -2.24. The average molecular weight is 406 g/mol. The Hall–Kier alpha value is -3.16. The second kappa shape index (κ2) is 9.36. The molecule has 29 heavy (non-hydrogen) atoms. The van der Waals surface area contributed by atoms with Crippen LogP contribution in [-0.2, 0) is 12.7 Å². The van der Waals surface area contributed by atoms with Gasteiger partial charge in [0.1, 0.15) is 6.17 Å². The van der Waals surface area contributed by atoms with Crippen molar-refractivity contribution in [2.45, 2.75) is 32.2 Å². The molecule has 1 atom stereocenters. The van der Waals surface area contributed by atoms with E-state index in [0.717, 1.165) is 12.3 Å². The number of halogens is 4. The van der Waals surface area contributed by atoms with Gasteiger partial charge in [0, 0.05) is 30.6 Å². The van der Waals surface area contributed by atoms with Gasteiger partial charge in [-0.3, -0.25) is 9.99 Å². The number of alkyl halides is 4. The molecule has 0 fully saturated rings. The van der Waals surface area contributed by atoms with Crippen LogP contribution in [0.3, 0.4) is 0 Å². The number of aromatic nitrogens is 1. The van der Waals surface area contributed by atoms with Crippen LogP contribution in [-0.4, -0.2) is 21.9 Å². The van der Waals surface area contributed by atoms with Crippen molar-refractivity contribution in [3.63, 3.8) is 0 Å². The van der Waals surface area contributed by atoms with Crippen molar-refractivity contribution in [3.05, 3.63) is 90.1 Å². The molecule has 0 spiro atoms. The normalized spacial score (nSPS) is 16.3. The van der Waals surface area contributed by atoms with E-state index in [1.165, 1.54) is 24.3 Å². The molecule has 1 aromatic rings. The largest absolute Gasteiger partial charge is 0.417 e. The molecule has 1 aromatic heterocycles. The molecule has 2 N–H and O–H groups in total. The molecule has 154 valence electrons. The quantitative estimate of drug-likeness (QED) is 0.510. The third-order valence-corrected chi connectivity index (χ3v) is 3.97. The first-order chi connectivity index (χ1) is 13.6. The highest BCUT2D eigenvalue weighted by Crippen LogP contribution is 2.29. The molecule has 0 bridgehead atoms. The molecule has 0 amide bonds. The van der Waals surface area contributed by atoms with E-state index in [-0.39, 0.29) is 13.0 Å². The molecule has 1 aliphatic rings. The van der Waals surface area contributed by atoms with Crippen LogP contribution in [0, 0.1) is 0 Å². The van der Waals surface area contributed by atoms with E-state index < -0.39 is 17.9 Å². The van der Waals surface area contributed by atoms with Gasteiger partial charge in [-0.25, -0.2) is 4.39 Å². The fourth-order valence-corrected chi connectivity index (χ4v) is 2.54. The highest BCUT2D eigenvalue weighted by molar-refractivity contribution is 6.10. The molecular formula is C21H22F4N4. The summed E-state index contributed by atoms with van der Waals surface area (Å²) >= 11 is 0. The van der Waals surface area contributed by atoms with Gasteiger partial charge in [-0.15, -0.1) is 0 Å². The molecule has 2 heterocycles. The molecule has 0 aromatic carbocycles. The van der Waals surface area contributed by atoms with Crippen molar-refractivity contribution in [1.82, 2.24) is 9.99 Å². The number of hydrogen-bond donors (Lipinski definition) is 1. The van der Waals surface area contributed by atoms with E-state index in [1.807, 2.05) is 0 Å². The van der Waals surface area contributed by atoms with E-state index >= 15 is 0 Å². The second-order valence-electron chi connectivity index (χ2n) is 6.55. The van der Waals surface area contributed by atoms with Crippen molar-refractivity contribution in [1.29, 1.82) is 0 Å².